The van der Waals surface area contributed by atoms with Gasteiger partial charge < -0.3 is 9.47 Å². The Morgan fingerprint density at radius 2 is 1.69 bits per heavy atom. The molecule has 2 unspecified atom stereocenters. The van der Waals surface area contributed by atoms with E-state index >= 15 is 0 Å². The van der Waals surface area contributed by atoms with Crippen molar-refractivity contribution in [3.05, 3.63) is 35.4 Å². The van der Waals surface area contributed by atoms with Gasteiger partial charge in [-0.3, -0.25) is 4.90 Å². The van der Waals surface area contributed by atoms with Gasteiger partial charge in [0.25, 0.3) is 0 Å². The van der Waals surface area contributed by atoms with Crippen molar-refractivity contribution in [2.75, 3.05) is 31.7 Å². The van der Waals surface area contributed by atoms with E-state index < -0.39 is 11.9 Å². The number of alkyl halides is 1. The maximum atomic E-state index is 12.4. The lowest BCUT2D eigenvalue weighted by Gasteiger charge is -2.44. The number of hydrogen-bond donors (Lipinski definition) is 0. The molecule has 6 heteroatoms. The summed E-state index contributed by atoms with van der Waals surface area (Å²) in [4.78, 5) is 28.8. The third-order valence-corrected chi connectivity index (χ3v) is 5.21. The molecule has 144 valence electrons. The van der Waals surface area contributed by atoms with Gasteiger partial charge in [0.2, 0.25) is 0 Å². The topological polar surface area (TPSA) is 55.8 Å². The smallest absolute Gasteiger partial charge is 0.339 e. The van der Waals surface area contributed by atoms with Crippen LogP contribution < -0.4 is 0 Å². The van der Waals surface area contributed by atoms with Crippen LogP contribution in [0.2, 0.25) is 0 Å². The normalized spacial score (nSPS) is 22.4. The molecule has 0 aliphatic carbocycles. The number of halogens is 1. The van der Waals surface area contributed by atoms with Crippen molar-refractivity contribution in [3.8, 4) is 0 Å². The molecular formula is C20H28INO4. The number of carbonyl (C=O) groups excluding carboxylic acids is 2. The predicted molar refractivity (Wildman–Crippen MR) is 110 cm³/mol. The lowest BCUT2D eigenvalue weighted by Crippen LogP contribution is -2.49. The van der Waals surface area contributed by atoms with Crippen LogP contribution in [0.1, 0.15) is 52.8 Å². The van der Waals surface area contributed by atoms with Crippen molar-refractivity contribution in [2.24, 2.45) is 5.92 Å². The molecule has 0 amide bonds. The average molecular weight is 473 g/mol. The summed E-state index contributed by atoms with van der Waals surface area (Å²) in [6.45, 7) is 2.76. The van der Waals surface area contributed by atoms with Gasteiger partial charge in [-0.15, -0.1) is 0 Å². The summed E-state index contributed by atoms with van der Waals surface area (Å²) >= 11 is 2.15. The number of hydrogen-bond acceptors (Lipinski definition) is 5. The van der Waals surface area contributed by atoms with Crippen LogP contribution in [0.5, 0.6) is 0 Å². The number of esters is 2. The molecule has 2 saturated heterocycles. The highest BCUT2D eigenvalue weighted by atomic mass is 127. The molecule has 1 aromatic rings. The Labute approximate surface area is 169 Å². The molecule has 0 N–H and O–H groups in total. The number of benzene rings is 1. The predicted octanol–water partition coefficient (Wildman–Crippen LogP) is 3.95. The van der Waals surface area contributed by atoms with Gasteiger partial charge in [-0.1, -0.05) is 41.1 Å². The molecule has 0 bridgehead atoms. The summed E-state index contributed by atoms with van der Waals surface area (Å²) in [5.41, 5.74) is 0.536. The molecule has 1 aromatic carbocycles. The maximum absolute atomic E-state index is 12.4. The molecule has 0 spiro atoms. The minimum atomic E-state index is -0.515. The highest BCUT2D eigenvalue weighted by molar-refractivity contribution is 14.1. The number of carbonyl (C=O) groups is 2. The fourth-order valence-corrected chi connectivity index (χ4v) is 3.98. The molecule has 2 heterocycles. The van der Waals surface area contributed by atoms with Gasteiger partial charge in [-0.25, -0.2) is 9.59 Å². The molecule has 2 fully saturated rings. The van der Waals surface area contributed by atoms with Gasteiger partial charge in [-0.05, 0) is 55.8 Å². The van der Waals surface area contributed by atoms with E-state index in [0.29, 0.717) is 18.6 Å². The van der Waals surface area contributed by atoms with Gasteiger partial charge in [-0.2, -0.15) is 0 Å². The van der Waals surface area contributed by atoms with Crippen molar-refractivity contribution in [3.63, 3.8) is 0 Å². The van der Waals surface area contributed by atoms with Gasteiger partial charge in [0.05, 0.1) is 24.8 Å². The Morgan fingerprint density at radius 1 is 1.04 bits per heavy atom. The van der Waals surface area contributed by atoms with E-state index in [-0.39, 0.29) is 11.1 Å². The summed E-state index contributed by atoms with van der Waals surface area (Å²) in [7, 11) is 1.31. The molecule has 0 aromatic heterocycles. The lowest BCUT2D eigenvalue weighted by molar-refractivity contribution is 0.00717. The monoisotopic (exact) mass is 473 g/mol. The number of nitrogens with zero attached hydrogens (tertiary/aromatic N) is 1. The summed E-state index contributed by atoms with van der Waals surface area (Å²) in [6, 6.07) is 7.18. The van der Waals surface area contributed by atoms with Crippen molar-refractivity contribution >= 4 is 34.5 Å². The molecule has 3 rings (SSSR count). The van der Waals surface area contributed by atoms with Crippen molar-refractivity contribution < 1.29 is 19.1 Å². The second-order valence-electron chi connectivity index (χ2n) is 6.64. The fraction of sp³-hybridized carbons (Fsp3) is 0.600. The molecule has 26 heavy (non-hydrogen) atoms. The summed E-state index contributed by atoms with van der Waals surface area (Å²) in [5, 5.41) is 0. The second-order valence-corrected chi connectivity index (χ2v) is 6.64. The molecule has 2 atom stereocenters. The van der Waals surface area contributed by atoms with Crippen LogP contribution >= 0.6 is 22.6 Å². The van der Waals surface area contributed by atoms with E-state index in [0.717, 1.165) is 12.8 Å². The Balaban J connectivity index is 0.00000117. The zero-order chi connectivity index (χ0) is 18.9. The first kappa shape index (κ1) is 21.2. The molecule has 2 aliphatic heterocycles. The van der Waals surface area contributed by atoms with Gasteiger partial charge in [0.1, 0.15) is 0 Å². The largest absolute Gasteiger partial charge is 0.465 e. The second kappa shape index (κ2) is 10.9. The fourth-order valence-electron chi connectivity index (χ4n) is 3.98. The van der Waals surface area contributed by atoms with Gasteiger partial charge in [0.15, 0.2) is 0 Å². The Bertz CT molecular complexity index is 605. The van der Waals surface area contributed by atoms with Crippen LogP contribution in [0.15, 0.2) is 24.3 Å². The number of fused-ring (bicyclic) bond motifs is 1. The molecular weight excluding hydrogens is 445 g/mol. The van der Waals surface area contributed by atoms with Crippen LogP contribution in [-0.2, 0) is 9.47 Å². The quantitative estimate of drug-likeness (QED) is 0.377. The van der Waals surface area contributed by atoms with E-state index in [9.17, 15) is 9.59 Å². The number of rotatable bonds is 4. The Hall–Kier alpha value is -1.15. The minimum absolute atomic E-state index is 0.257. The van der Waals surface area contributed by atoms with Crippen LogP contribution in [0.25, 0.3) is 0 Å². The van der Waals surface area contributed by atoms with Crippen LogP contribution in [-0.4, -0.2) is 54.6 Å². The number of ether oxygens (including phenoxy) is 2. The van der Waals surface area contributed by atoms with Crippen LogP contribution in [0, 0.1) is 5.92 Å². The third-order valence-electron chi connectivity index (χ3n) is 5.21. The van der Waals surface area contributed by atoms with E-state index in [1.54, 1.807) is 24.3 Å². The summed E-state index contributed by atoms with van der Waals surface area (Å²) in [5.74, 6) is -0.559. The summed E-state index contributed by atoms with van der Waals surface area (Å²) < 4.78 is 10.3. The zero-order valence-electron chi connectivity index (χ0n) is 15.6. The van der Waals surface area contributed by atoms with E-state index in [4.69, 9.17) is 9.47 Å². The molecule has 0 radical (unpaired) electrons. The van der Waals surface area contributed by atoms with E-state index in [1.807, 2.05) is 4.93 Å². The first-order valence-electron chi connectivity index (χ1n) is 9.17. The van der Waals surface area contributed by atoms with E-state index in [1.165, 1.54) is 39.5 Å². The summed E-state index contributed by atoms with van der Waals surface area (Å²) in [6.07, 6.45) is 6.00. The molecule has 2 aliphatic rings. The van der Waals surface area contributed by atoms with Gasteiger partial charge >= 0.3 is 11.9 Å². The average Bonchev–Trinajstić information content (AvgIpc) is 2.72. The maximum Gasteiger partial charge on any atom is 0.339 e. The first-order valence-corrected chi connectivity index (χ1v) is 11.3. The van der Waals surface area contributed by atoms with E-state index in [2.05, 4.69) is 27.5 Å². The molecule has 5 nitrogen and oxygen atoms in total. The van der Waals surface area contributed by atoms with Crippen LogP contribution in [0.4, 0.5) is 0 Å². The van der Waals surface area contributed by atoms with Crippen molar-refractivity contribution in [1.29, 1.82) is 0 Å². The zero-order valence-corrected chi connectivity index (χ0v) is 17.7. The Morgan fingerprint density at radius 3 is 2.38 bits per heavy atom. The first-order chi connectivity index (χ1) is 12.7. The molecule has 0 saturated carbocycles. The third kappa shape index (κ3) is 5.19. The van der Waals surface area contributed by atoms with Crippen LogP contribution in [0.3, 0.4) is 0 Å². The Kier molecular flexibility index (Phi) is 8.84. The van der Waals surface area contributed by atoms with Crippen molar-refractivity contribution in [2.45, 2.75) is 38.1 Å². The highest BCUT2D eigenvalue weighted by Crippen LogP contribution is 2.31. The number of methoxy groups -OCH3 is 1. The van der Waals surface area contributed by atoms with Gasteiger partial charge in [0, 0.05) is 12.0 Å². The minimum Gasteiger partial charge on any atom is -0.465 e. The lowest BCUT2D eigenvalue weighted by atomic mass is 9.84. The standard InChI is InChI=1S/C19H25NO4.CH3I/c1-23-18(21)15-8-2-3-9-16(15)19(22)24-13-14-7-6-12-20-11-5-4-10-17(14)20;1-2/h2-3,8-9,14,17H,4-7,10-13H2,1H3;1H3. The number of piperidine rings is 2. The highest BCUT2D eigenvalue weighted by Gasteiger charge is 2.33. The van der Waals surface area contributed by atoms with Crippen molar-refractivity contribution in [1.82, 2.24) is 4.90 Å². The SMILES string of the molecule is CI.COC(=O)c1ccccc1C(=O)OCC1CCCN2CCCCC12.